The number of rotatable bonds is 7. The van der Waals surface area contributed by atoms with E-state index >= 15 is 0 Å². The normalized spacial score (nSPS) is 25.1. The van der Waals surface area contributed by atoms with E-state index in [0.717, 1.165) is 12.0 Å². The number of ether oxygens (including phenoxy) is 2. The molecule has 1 saturated carbocycles. The first-order chi connectivity index (χ1) is 15.5. The van der Waals surface area contributed by atoms with Gasteiger partial charge in [0.15, 0.2) is 5.96 Å². The van der Waals surface area contributed by atoms with E-state index in [9.17, 15) is 14.4 Å². The summed E-state index contributed by atoms with van der Waals surface area (Å²) in [6, 6.07) is 5.25. The highest BCUT2D eigenvalue weighted by Gasteiger charge is 2.58. The quantitative estimate of drug-likeness (QED) is 0.128. The van der Waals surface area contributed by atoms with Crippen LogP contribution in [0.2, 0.25) is 0 Å². The molecule has 2 N–H and O–H groups in total. The maximum atomic E-state index is 12.8. The molecule has 4 rings (SSSR count). The zero-order chi connectivity index (χ0) is 22.8. The van der Waals surface area contributed by atoms with Crippen LogP contribution in [-0.4, -0.2) is 63.0 Å². The molecule has 2 amide bonds. The summed E-state index contributed by atoms with van der Waals surface area (Å²) in [6.07, 6.45) is 5.11. The Labute approximate surface area is 210 Å². The molecular weight excluding hydrogens is 539 g/mol. The van der Waals surface area contributed by atoms with Gasteiger partial charge in [0.05, 0.1) is 26.1 Å². The third-order valence-corrected chi connectivity index (χ3v) is 6.54. The zero-order valence-electron chi connectivity index (χ0n) is 18.9. The van der Waals surface area contributed by atoms with Crippen molar-refractivity contribution in [2.24, 2.45) is 28.7 Å². The topological polar surface area (TPSA) is 109 Å². The first-order valence-corrected chi connectivity index (χ1v) is 10.7. The molecule has 1 heterocycles. The lowest BCUT2D eigenvalue weighted by Crippen LogP contribution is -2.43. The number of carbonyl (C=O) groups is 3. The Bertz CT molecular complexity index is 965. The summed E-state index contributed by atoms with van der Waals surface area (Å²) in [6.45, 7) is 1.11. The molecule has 1 saturated heterocycles. The number of guanidine groups is 1. The molecule has 3 aliphatic rings. The second-order valence-corrected chi connectivity index (χ2v) is 8.21. The Hall–Kier alpha value is -2.63. The predicted molar refractivity (Wildman–Crippen MR) is 132 cm³/mol. The Kier molecular flexibility index (Phi) is 7.98. The van der Waals surface area contributed by atoms with Crippen molar-refractivity contribution in [3.8, 4) is 5.75 Å². The Balaban J connectivity index is 0.00000306. The monoisotopic (exact) mass is 568 g/mol. The lowest BCUT2D eigenvalue weighted by molar-refractivity contribution is -0.140. The summed E-state index contributed by atoms with van der Waals surface area (Å²) in [7, 11) is 4.46. The summed E-state index contributed by atoms with van der Waals surface area (Å²) >= 11 is 0. The van der Waals surface area contributed by atoms with Crippen molar-refractivity contribution in [2.45, 2.75) is 13.0 Å². The smallest absolute Gasteiger partial charge is 0.341 e. The molecule has 2 bridgehead atoms. The molecule has 4 unspecified atom stereocenters. The number of halogens is 1. The number of imide groups is 1. The number of hydrogen-bond acceptors (Lipinski definition) is 6. The van der Waals surface area contributed by atoms with Gasteiger partial charge in [0.25, 0.3) is 0 Å². The van der Waals surface area contributed by atoms with Gasteiger partial charge in [0, 0.05) is 26.7 Å². The van der Waals surface area contributed by atoms with Gasteiger partial charge in [0.2, 0.25) is 11.8 Å². The van der Waals surface area contributed by atoms with Crippen molar-refractivity contribution in [1.29, 1.82) is 0 Å². The molecule has 33 heavy (non-hydrogen) atoms. The Morgan fingerprint density at radius 3 is 2.36 bits per heavy atom. The van der Waals surface area contributed by atoms with Crippen LogP contribution in [0.3, 0.4) is 0 Å². The van der Waals surface area contributed by atoms with E-state index in [4.69, 9.17) is 9.47 Å². The number of amides is 2. The van der Waals surface area contributed by atoms with E-state index in [1.165, 1.54) is 19.1 Å². The maximum Gasteiger partial charge on any atom is 0.341 e. The second-order valence-electron chi connectivity index (χ2n) is 8.21. The number of allylic oxidation sites excluding steroid dienone is 2. The van der Waals surface area contributed by atoms with Gasteiger partial charge < -0.3 is 20.1 Å². The van der Waals surface area contributed by atoms with Crippen molar-refractivity contribution in [3.05, 3.63) is 41.5 Å². The summed E-state index contributed by atoms with van der Waals surface area (Å²) in [5, 5.41) is 6.31. The van der Waals surface area contributed by atoms with Crippen LogP contribution in [0.25, 0.3) is 0 Å². The standard InChI is InChI=1S/C23H28N4O5.HI/c1-24-23(26-12-13-4-7-17(31-2)16(10-13)22(30)32-3)25-8-9-27-20(28)18-14-5-6-15(11-14)19(18)21(27)29;/h4-7,10,14-15,18-19H,8-9,11-12H2,1-3H3,(H2,24,25,26);1H. The average molecular weight is 568 g/mol. The lowest BCUT2D eigenvalue weighted by atomic mass is 9.85. The van der Waals surface area contributed by atoms with Gasteiger partial charge in [-0.2, -0.15) is 0 Å². The number of nitrogens with one attached hydrogen (secondary N) is 2. The van der Waals surface area contributed by atoms with Crippen LogP contribution in [0, 0.1) is 23.7 Å². The highest BCUT2D eigenvalue weighted by molar-refractivity contribution is 14.0. The van der Waals surface area contributed by atoms with Crippen molar-refractivity contribution in [2.75, 3.05) is 34.4 Å². The predicted octanol–water partition coefficient (Wildman–Crippen LogP) is 1.57. The highest BCUT2D eigenvalue weighted by Crippen LogP contribution is 2.52. The SMILES string of the molecule is CN=C(NCCN1C(=O)C2C3C=CC(C3)C2C1=O)NCc1ccc(OC)c(C(=O)OC)c1.I. The van der Waals surface area contributed by atoms with Gasteiger partial charge in [-0.05, 0) is 36.0 Å². The molecule has 1 aromatic carbocycles. The van der Waals surface area contributed by atoms with Crippen molar-refractivity contribution in [1.82, 2.24) is 15.5 Å². The largest absolute Gasteiger partial charge is 0.496 e. The van der Waals surface area contributed by atoms with Crippen LogP contribution in [0.1, 0.15) is 22.3 Å². The van der Waals surface area contributed by atoms with E-state index in [1.807, 2.05) is 6.07 Å². The minimum Gasteiger partial charge on any atom is -0.496 e. The van der Waals surface area contributed by atoms with Gasteiger partial charge in [0.1, 0.15) is 11.3 Å². The summed E-state index contributed by atoms with van der Waals surface area (Å²) < 4.78 is 10.0. The number of methoxy groups -OCH3 is 2. The first-order valence-electron chi connectivity index (χ1n) is 10.7. The fourth-order valence-electron chi connectivity index (χ4n) is 5.01. The molecule has 1 aliphatic heterocycles. The Morgan fingerprint density at radius 2 is 1.79 bits per heavy atom. The maximum absolute atomic E-state index is 12.8. The molecule has 0 aromatic heterocycles. The number of hydrogen-bond donors (Lipinski definition) is 2. The average Bonchev–Trinajstić information content (AvgIpc) is 3.50. The molecule has 2 aliphatic carbocycles. The third kappa shape index (κ3) is 4.71. The fraction of sp³-hybridized carbons (Fsp3) is 0.478. The molecule has 1 aromatic rings. The summed E-state index contributed by atoms with van der Waals surface area (Å²) in [5.74, 6) is 0.493. The summed E-state index contributed by atoms with van der Waals surface area (Å²) in [4.78, 5) is 43.0. The number of nitrogens with zero attached hydrogens (tertiary/aromatic N) is 2. The van der Waals surface area contributed by atoms with Crippen molar-refractivity contribution >= 4 is 47.7 Å². The van der Waals surface area contributed by atoms with E-state index in [2.05, 4.69) is 27.8 Å². The number of aliphatic imine (C=N–C) groups is 1. The van der Waals surface area contributed by atoms with Crippen LogP contribution in [0.4, 0.5) is 0 Å². The molecule has 178 valence electrons. The third-order valence-electron chi connectivity index (χ3n) is 6.54. The molecule has 10 heteroatoms. The molecular formula is C23H29IN4O5. The fourth-order valence-corrected chi connectivity index (χ4v) is 5.01. The number of fused-ring (bicyclic) bond motifs is 5. The van der Waals surface area contributed by atoms with E-state index in [1.54, 1.807) is 19.2 Å². The van der Waals surface area contributed by atoms with E-state index < -0.39 is 5.97 Å². The molecule has 9 nitrogen and oxygen atoms in total. The number of likely N-dealkylation sites (tertiary alicyclic amines) is 1. The van der Waals surface area contributed by atoms with Gasteiger partial charge in [-0.3, -0.25) is 19.5 Å². The second kappa shape index (κ2) is 10.5. The molecule has 0 radical (unpaired) electrons. The minimum absolute atomic E-state index is 0. The van der Waals surface area contributed by atoms with Crippen LogP contribution in [-0.2, 0) is 20.9 Å². The van der Waals surface area contributed by atoms with Crippen LogP contribution in [0.5, 0.6) is 5.75 Å². The Morgan fingerprint density at radius 1 is 1.12 bits per heavy atom. The molecule has 2 fully saturated rings. The van der Waals surface area contributed by atoms with Gasteiger partial charge in [-0.25, -0.2) is 4.79 Å². The lowest BCUT2D eigenvalue weighted by Gasteiger charge is -2.19. The zero-order valence-corrected chi connectivity index (χ0v) is 21.2. The summed E-state index contributed by atoms with van der Waals surface area (Å²) in [5.41, 5.74) is 1.19. The van der Waals surface area contributed by atoms with Crippen molar-refractivity contribution < 1.29 is 23.9 Å². The molecule has 4 atom stereocenters. The van der Waals surface area contributed by atoms with E-state index in [-0.39, 0.29) is 59.5 Å². The molecule has 0 spiro atoms. The number of esters is 1. The van der Waals surface area contributed by atoms with Crippen LogP contribution < -0.4 is 15.4 Å². The number of benzene rings is 1. The van der Waals surface area contributed by atoms with Crippen molar-refractivity contribution in [3.63, 3.8) is 0 Å². The van der Waals surface area contributed by atoms with Gasteiger partial charge in [-0.15, -0.1) is 24.0 Å². The highest BCUT2D eigenvalue weighted by atomic mass is 127. The van der Waals surface area contributed by atoms with Crippen LogP contribution in [0.15, 0.2) is 35.3 Å². The van der Waals surface area contributed by atoms with E-state index in [0.29, 0.717) is 36.9 Å². The minimum atomic E-state index is -0.473. The number of carbonyl (C=O) groups excluding carboxylic acids is 3. The van der Waals surface area contributed by atoms with Crippen LogP contribution >= 0.6 is 24.0 Å². The van der Waals surface area contributed by atoms with Gasteiger partial charge in [-0.1, -0.05) is 18.2 Å². The van der Waals surface area contributed by atoms with Gasteiger partial charge >= 0.3 is 5.97 Å². The first kappa shape index (κ1) is 25.0.